The Morgan fingerprint density at radius 2 is 1.72 bits per heavy atom. The Bertz CT molecular complexity index is 331. The fraction of sp³-hybridized carbons (Fsp3) is 0.846. The summed E-state index contributed by atoms with van der Waals surface area (Å²) in [6.45, 7) is 0.642. The molecular weight excluding hydrogens is 234 g/mol. The number of carboxylic acid groups (broad SMARTS) is 1. The maximum atomic E-state index is 12.4. The van der Waals surface area contributed by atoms with Gasteiger partial charge in [-0.1, -0.05) is 12.8 Å². The van der Waals surface area contributed by atoms with Crippen molar-refractivity contribution in [1.29, 1.82) is 0 Å². The molecule has 102 valence electrons. The number of nitrogens with zero attached hydrogens (tertiary/aromatic N) is 1. The van der Waals surface area contributed by atoms with Gasteiger partial charge >= 0.3 is 5.97 Å². The highest BCUT2D eigenvalue weighted by molar-refractivity contribution is 5.85. The molecule has 0 aromatic carbocycles. The van der Waals surface area contributed by atoms with Gasteiger partial charge in [0, 0.05) is 6.54 Å². The number of carbonyl (C=O) groups excluding carboxylic acids is 1. The van der Waals surface area contributed by atoms with Gasteiger partial charge in [0.25, 0.3) is 0 Å². The van der Waals surface area contributed by atoms with Gasteiger partial charge in [-0.05, 0) is 25.7 Å². The van der Waals surface area contributed by atoms with Gasteiger partial charge in [0.2, 0.25) is 5.91 Å². The van der Waals surface area contributed by atoms with Crippen molar-refractivity contribution in [1.82, 2.24) is 4.90 Å². The van der Waals surface area contributed by atoms with Crippen LogP contribution in [-0.4, -0.2) is 46.2 Å². The molecule has 2 unspecified atom stereocenters. The number of rotatable bonds is 3. The fourth-order valence-corrected chi connectivity index (χ4v) is 3.25. The summed E-state index contributed by atoms with van der Waals surface area (Å²) in [5, 5.41) is 18.5. The van der Waals surface area contributed by atoms with Crippen LogP contribution in [0.4, 0.5) is 0 Å². The van der Waals surface area contributed by atoms with Gasteiger partial charge in [0.1, 0.15) is 0 Å². The Morgan fingerprint density at radius 3 is 2.33 bits per heavy atom. The second-order valence-corrected chi connectivity index (χ2v) is 5.35. The average molecular weight is 255 g/mol. The number of hydrogen-bond acceptors (Lipinski definition) is 3. The van der Waals surface area contributed by atoms with E-state index in [1.165, 1.54) is 0 Å². The van der Waals surface area contributed by atoms with Crippen molar-refractivity contribution >= 4 is 11.9 Å². The zero-order valence-electron chi connectivity index (χ0n) is 10.5. The zero-order valence-corrected chi connectivity index (χ0v) is 10.5. The van der Waals surface area contributed by atoms with Crippen molar-refractivity contribution < 1.29 is 19.8 Å². The van der Waals surface area contributed by atoms with E-state index in [1.54, 1.807) is 4.90 Å². The molecule has 5 nitrogen and oxygen atoms in total. The first-order valence-corrected chi connectivity index (χ1v) is 6.79. The van der Waals surface area contributed by atoms with Crippen LogP contribution in [0.25, 0.3) is 0 Å². The van der Waals surface area contributed by atoms with E-state index in [2.05, 4.69) is 0 Å². The molecule has 1 heterocycles. The largest absolute Gasteiger partial charge is 0.481 e. The Labute approximate surface area is 107 Å². The van der Waals surface area contributed by atoms with Crippen LogP contribution >= 0.6 is 0 Å². The number of aliphatic carboxylic acids is 1. The molecule has 1 amide bonds. The lowest BCUT2D eigenvalue weighted by Crippen LogP contribution is -2.45. The van der Waals surface area contributed by atoms with Crippen LogP contribution in [0.2, 0.25) is 0 Å². The number of aliphatic hydroxyl groups is 1. The summed E-state index contributed by atoms with van der Waals surface area (Å²) in [4.78, 5) is 25.4. The van der Waals surface area contributed by atoms with E-state index in [4.69, 9.17) is 0 Å². The third-order valence-electron chi connectivity index (χ3n) is 4.27. The molecule has 1 aliphatic heterocycles. The first-order chi connectivity index (χ1) is 8.65. The summed E-state index contributed by atoms with van der Waals surface area (Å²) < 4.78 is 0. The summed E-state index contributed by atoms with van der Waals surface area (Å²) in [6.07, 6.45) is 4.82. The normalized spacial score (nSPS) is 32.5. The first-order valence-electron chi connectivity index (χ1n) is 6.79. The van der Waals surface area contributed by atoms with Gasteiger partial charge in [-0.15, -0.1) is 0 Å². The smallest absolute Gasteiger partial charge is 0.307 e. The summed E-state index contributed by atoms with van der Waals surface area (Å²) in [5.41, 5.74) is 0. The van der Waals surface area contributed by atoms with Crippen LogP contribution in [0.1, 0.15) is 38.5 Å². The third-order valence-corrected chi connectivity index (χ3v) is 4.27. The number of aliphatic hydroxyl groups excluding tert-OH is 1. The highest BCUT2D eigenvalue weighted by Crippen LogP contribution is 2.33. The monoisotopic (exact) mass is 255 g/mol. The molecule has 2 rings (SSSR count). The molecule has 1 saturated heterocycles. The van der Waals surface area contributed by atoms with Gasteiger partial charge in [-0.3, -0.25) is 9.59 Å². The molecule has 0 bridgehead atoms. The molecule has 18 heavy (non-hydrogen) atoms. The van der Waals surface area contributed by atoms with Gasteiger partial charge in [-0.25, -0.2) is 0 Å². The van der Waals surface area contributed by atoms with Crippen molar-refractivity contribution in [3.8, 4) is 0 Å². The summed E-state index contributed by atoms with van der Waals surface area (Å²) in [7, 11) is 0. The highest BCUT2D eigenvalue weighted by Gasteiger charge is 2.40. The van der Waals surface area contributed by atoms with Crippen LogP contribution in [0.15, 0.2) is 0 Å². The van der Waals surface area contributed by atoms with E-state index < -0.39 is 11.9 Å². The minimum atomic E-state index is -0.854. The van der Waals surface area contributed by atoms with Crippen molar-refractivity contribution in [2.24, 2.45) is 11.8 Å². The van der Waals surface area contributed by atoms with Gasteiger partial charge < -0.3 is 15.1 Å². The minimum absolute atomic E-state index is 0.0177. The summed E-state index contributed by atoms with van der Waals surface area (Å²) >= 11 is 0. The van der Waals surface area contributed by atoms with Crippen LogP contribution in [-0.2, 0) is 9.59 Å². The fourth-order valence-electron chi connectivity index (χ4n) is 3.25. The van der Waals surface area contributed by atoms with E-state index in [1.807, 2.05) is 0 Å². The van der Waals surface area contributed by atoms with Gasteiger partial charge in [0.15, 0.2) is 0 Å². The van der Waals surface area contributed by atoms with Crippen molar-refractivity contribution in [2.75, 3.05) is 13.2 Å². The lowest BCUT2D eigenvalue weighted by Gasteiger charge is -2.33. The second kappa shape index (κ2) is 5.69. The van der Waals surface area contributed by atoms with Crippen molar-refractivity contribution in [3.63, 3.8) is 0 Å². The summed E-state index contributed by atoms with van der Waals surface area (Å²) in [6, 6.07) is -0.103. The molecule has 2 N–H and O–H groups in total. The van der Waals surface area contributed by atoms with Crippen LogP contribution in [0.3, 0.4) is 0 Å². The Balaban J connectivity index is 2.08. The molecule has 0 spiro atoms. The number of hydrogen-bond donors (Lipinski definition) is 2. The molecule has 0 radical (unpaired) electrons. The minimum Gasteiger partial charge on any atom is -0.481 e. The van der Waals surface area contributed by atoms with Gasteiger partial charge in [-0.2, -0.15) is 0 Å². The maximum absolute atomic E-state index is 12.4. The zero-order chi connectivity index (χ0) is 13.1. The SMILES string of the molecule is O=C(O)C1CCCCC1C(=O)N1CCC[C@H]1CO. The van der Waals surface area contributed by atoms with E-state index in [0.29, 0.717) is 19.4 Å². The Hall–Kier alpha value is -1.10. The lowest BCUT2D eigenvalue weighted by molar-refractivity contribution is -0.153. The van der Waals surface area contributed by atoms with E-state index >= 15 is 0 Å². The number of amides is 1. The Morgan fingerprint density at radius 1 is 1.06 bits per heavy atom. The molecule has 0 aromatic rings. The van der Waals surface area contributed by atoms with Gasteiger partial charge in [0.05, 0.1) is 24.5 Å². The predicted octanol–water partition coefficient (Wildman–Crippen LogP) is 0.861. The van der Waals surface area contributed by atoms with E-state index in [-0.39, 0.29) is 24.5 Å². The number of carbonyl (C=O) groups is 2. The topological polar surface area (TPSA) is 77.8 Å². The number of likely N-dealkylation sites (tertiary alicyclic amines) is 1. The molecule has 2 aliphatic rings. The highest BCUT2D eigenvalue weighted by atomic mass is 16.4. The van der Waals surface area contributed by atoms with Crippen LogP contribution in [0.5, 0.6) is 0 Å². The summed E-state index contributed by atoms with van der Waals surface area (Å²) in [5.74, 6) is -1.83. The average Bonchev–Trinajstić information content (AvgIpc) is 2.86. The lowest BCUT2D eigenvalue weighted by atomic mass is 9.78. The van der Waals surface area contributed by atoms with Crippen molar-refractivity contribution in [2.45, 2.75) is 44.6 Å². The third kappa shape index (κ3) is 2.51. The molecular formula is C13H21NO4. The molecule has 0 aromatic heterocycles. The molecule has 1 saturated carbocycles. The molecule has 1 aliphatic carbocycles. The molecule has 3 atom stereocenters. The number of carboxylic acids is 1. The first kappa shape index (κ1) is 13.3. The van der Waals surface area contributed by atoms with E-state index in [9.17, 15) is 19.8 Å². The molecule has 2 fully saturated rings. The quantitative estimate of drug-likeness (QED) is 0.784. The second-order valence-electron chi connectivity index (χ2n) is 5.35. The van der Waals surface area contributed by atoms with Crippen LogP contribution in [0, 0.1) is 11.8 Å². The predicted molar refractivity (Wildman–Crippen MR) is 64.9 cm³/mol. The van der Waals surface area contributed by atoms with Crippen LogP contribution < -0.4 is 0 Å². The molecule has 5 heteroatoms. The maximum Gasteiger partial charge on any atom is 0.307 e. The van der Waals surface area contributed by atoms with E-state index in [0.717, 1.165) is 25.7 Å². The Kier molecular flexibility index (Phi) is 4.22. The van der Waals surface area contributed by atoms with Crippen molar-refractivity contribution in [3.05, 3.63) is 0 Å². The standard InChI is InChI=1S/C13H21NO4/c15-8-9-4-3-7-14(9)12(16)10-5-1-2-6-11(10)13(17)18/h9-11,15H,1-8H2,(H,17,18)/t9-,10?,11?/m0/s1.